The fraction of sp³-hybridized carbons (Fsp3) is 0.750. The van der Waals surface area contributed by atoms with Crippen LogP contribution in [0, 0.1) is 0 Å². The van der Waals surface area contributed by atoms with Crippen molar-refractivity contribution in [3.05, 3.63) is 12.7 Å². The lowest BCUT2D eigenvalue weighted by atomic mass is 10.3. The number of nitrogens with zero attached hydrogens (tertiary/aromatic N) is 1. The van der Waals surface area contributed by atoms with Gasteiger partial charge in [0.25, 0.3) is 0 Å². The molecule has 0 bridgehead atoms. The topological polar surface area (TPSA) is 43.7 Å². The highest BCUT2D eigenvalue weighted by molar-refractivity contribution is 4.92. The summed E-state index contributed by atoms with van der Waals surface area (Å²) >= 11 is 0. The summed E-state index contributed by atoms with van der Waals surface area (Å²) < 4.78 is 0. The number of aliphatic hydroxyl groups excluding tert-OH is 2. The van der Waals surface area contributed by atoms with Crippen LogP contribution in [-0.2, 0) is 0 Å². The highest BCUT2D eigenvalue weighted by Crippen LogP contribution is 2.13. The molecule has 1 aliphatic heterocycles. The molecule has 64 valence electrons. The Kier molecular flexibility index (Phi) is 2.65. The summed E-state index contributed by atoms with van der Waals surface area (Å²) in [4.78, 5) is 2.00. The molecule has 1 aliphatic rings. The van der Waals surface area contributed by atoms with Crippen LogP contribution in [0.3, 0.4) is 0 Å². The van der Waals surface area contributed by atoms with Crippen molar-refractivity contribution >= 4 is 0 Å². The second-order valence-electron chi connectivity index (χ2n) is 3.06. The average molecular weight is 157 g/mol. The Balaban J connectivity index is 2.46. The molecule has 0 radical (unpaired) electrons. The Labute approximate surface area is 66.9 Å². The summed E-state index contributed by atoms with van der Waals surface area (Å²) in [6.45, 7) is 6.75. The third kappa shape index (κ3) is 1.80. The molecule has 2 N–H and O–H groups in total. The summed E-state index contributed by atoms with van der Waals surface area (Å²) in [6, 6.07) is 0.238. The van der Waals surface area contributed by atoms with Crippen LogP contribution in [0.15, 0.2) is 12.7 Å². The molecule has 1 rings (SSSR count). The van der Waals surface area contributed by atoms with Gasteiger partial charge in [-0.25, -0.2) is 0 Å². The molecule has 1 saturated heterocycles. The summed E-state index contributed by atoms with van der Waals surface area (Å²) in [7, 11) is 0. The van der Waals surface area contributed by atoms with Crippen molar-refractivity contribution in [3.8, 4) is 0 Å². The van der Waals surface area contributed by atoms with Crippen LogP contribution in [0.2, 0.25) is 0 Å². The van der Waals surface area contributed by atoms with Gasteiger partial charge in [-0.3, -0.25) is 4.90 Å². The van der Waals surface area contributed by atoms with E-state index in [0.29, 0.717) is 13.1 Å². The van der Waals surface area contributed by atoms with Crippen molar-refractivity contribution in [2.45, 2.75) is 25.2 Å². The molecule has 0 amide bonds. The van der Waals surface area contributed by atoms with Crippen molar-refractivity contribution in [3.63, 3.8) is 0 Å². The summed E-state index contributed by atoms with van der Waals surface area (Å²) in [6.07, 6.45) is 0.639. The van der Waals surface area contributed by atoms with Gasteiger partial charge in [-0.05, 0) is 6.92 Å². The monoisotopic (exact) mass is 157 g/mol. The first-order valence-corrected chi connectivity index (χ1v) is 3.88. The number of β-amino-alcohol motifs (C(OH)–C–C–N with tert-alkyl or cyclic N) is 2. The molecule has 0 aromatic rings. The molecule has 0 saturated carbocycles. The van der Waals surface area contributed by atoms with Gasteiger partial charge in [-0.2, -0.15) is 0 Å². The zero-order valence-corrected chi connectivity index (χ0v) is 6.77. The van der Waals surface area contributed by atoms with Crippen molar-refractivity contribution in [1.29, 1.82) is 0 Å². The first-order valence-electron chi connectivity index (χ1n) is 3.88. The molecule has 0 spiro atoms. The molecule has 0 aliphatic carbocycles. The number of aliphatic hydroxyl groups is 2. The van der Waals surface area contributed by atoms with Crippen LogP contribution in [0.25, 0.3) is 0 Å². The lowest BCUT2D eigenvalue weighted by Gasteiger charge is -2.19. The maximum atomic E-state index is 9.19. The minimum atomic E-state index is -0.586. The molecular weight excluding hydrogens is 142 g/mol. The molecule has 0 aromatic heterocycles. The zero-order chi connectivity index (χ0) is 8.43. The maximum Gasteiger partial charge on any atom is 0.0938 e. The highest BCUT2D eigenvalue weighted by Gasteiger charge is 2.30. The molecule has 11 heavy (non-hydrogen) atoms. The van der Waals surface area contributed by atoms with Gasteiger partial charge in [-0.1, -0.05) is 6.08 Å². The summed E-state index contributed by atoms with van der Waals surface area (Å²) in [5.41, 5.74) is 0. The number of rotatable bonds is 2. The molecule has 3 heteroatoms. The number of hydrogen-bond acceptors (Lipinski definition) is 3. The Morgan fingerprint density at radius 1 is 1.45 bits per heavy atom. The van der Waals surface area contributed by atoms with Crippen molar-refractivity contribution in [1.82, 2.24) is 4.90 Å². The second kappa shape index (κ2) is 3.34. The van der Waals surface area contributed by atoms with Gasteiger partial charge in [0.1, 0.15) is 0 Å². The second-order valence-corrected chi connectivity index (χ2v) is 3.06. The van der Waals surface area contributed by atoms with Crippen LogP contribution in [0.4, 0.5) is 0 Å². The van der Waals surface area contributed by atoms with Gasteiger partial charge < -0.3 is 10.2 Å². The minimum absolute atomic E-state index is 0.238. The molecule has 3 unspecified atom stereocenters. The zero-order valence-electron chi connectivity index (χ0n) is 6.77. The van der Waals surface area contributed by atoms with Gasteiger partial charge in [0.2, 0.25) is 0 Å². The standard InChI is InChI=1S/C8H15NO2/c1-3-6(2)9-4-7(10)8(11)5-9/h3,6-8,10-11H,1,4-5H2,2H3. The van der Waals surface area contributed by atoms with Gasteiger partial charge in [0.05, 0.1) is 12.2 Å². The smallest absolute Gasteiger partial charge is 0.0938 e. The van der Waals surface area contributed by atoms with E-state index in [2.05, 4.69) is 6.58 Å². The van der Waals surface area contributed by atoms with E-state index in [0.717, 1.165) is 0 Å². The van der Waals surface area contributed by atoms with E-state index in [1.54, 1.807) is 0 Å². The van der Waals surface area contributed by atoms with Crippen LogP contribution < -0.4 is 0 Å². The predicted octanol–water partition coefficient (Wildman–Crippen LogP) is -0.402. The lowest BCUT2D eigenvalue weighted by molar-refractivity contribution is 0.0572. The van der Waals surface area contributed by atoms with Crippen molar-refractivity contribution in [2.75, 3.05) is 13.1 Å². The van der Waals surface area contributed by atoms with Gasteiger partial charge >= 0.3 is 0 Å². The molecule has 0 aromatic carbocycles. The normalized spacial score (nSPS) is 35.5. The lowest BCUT2D eigenvalue weighted by Crippen LogP contribution is -2.30. The minimum Gasteiger partial charge on any atom is -0.389 e. The SMILES string of the molecule is C=CC(C)N1CC(O)C(O)C1. The van der Waals surface area contributed by atoms with E-state index in [9.17, 15) is 10.2 Å². The molecule has 1 fully saturated rings. The van der Waals surface area contributed by atoms with Crippen LogP contribution in [0.1, 0.15) is 6.92 Å². The van der Waals surface area contributed by atoms with Crippen LogP contribution >= 0.6 is 0 Å². The van der Waals surface area contributed by atoms with Gasteiger partial charge in [0.15, 0.2) is 0 Å². The Bertz CT molecular complexity index is 139. The Hall–Kier alpha value is -0.380. The first kappa shape index (κ1) is 8.71. The van der Waals surface area contributed by atoms with Crippen molar-refractivity contribution in [2.24, 2.45) is 0 Å². The quantitative estimate of drug-likeness (QED) is 0.536. The Morgan fingerprint density at radius 3 is 2.27 bits per heavy atom. The largest absolute Gasteiger partial charge is 0.389 e. The van der Waals surface area contributed by atoms with E-state index in [4.69, 9.17) is 0 Å². The average Bonchev–Trinajstić information content (AvgIpc) is 2.31. The highest BCUT2D eigenvalue weighted by atomic mass is 16.3. The Morgan fingerprint density at radius 2 is 1.91 bits per heavy atom. The third-order valence-electron chi connectivity index (χ3n) is 2.20. The van der Waals surface area contributed by atoms with Gasteiger partial charge in [0, 0.05) is 19.1 Å². The molecule has 3 atom stereocenters. The molecule has 3 nitrogen and oxygen atoms in total. The third-order valence-corrected chi connectivity index (χ3v) is 2.20. The maximum absolute atomic E-state index is 9.19. The van der Waals surface area contributed by atoms with Crippen molar-refractivity contribution < 1.29 is 10.2 Å². The molecular formula is C8H15NO2. The fourth-order valence-corrected chi connectivity index (χ4v) is 1.28. The van der Waals surface area contributed by atoms with E-state index in [1.165, 1.54) is 0 Å². The summed E-state index contributed by atoms with van der Waals surface area (Å²) in [5, 5.41) is 18.4. The predicted molar refractivity (Wildman–Crippen MR) is 43.2 cm³/mol. The van der Waals surface area contributed by atoms with Gasteiger partial charge in [-0.15, -0.1) is 6.58 Å². The van der Waals surface area contributed by atoms with Crippen LogP contribution in [0.5, 0.6) is 0 Å². The summed E-state index contributed by atoms with van der Waals surface area (Å²) in [5.74, 6) is 0. The first-order chi connectivity index (χ1) is 5.15. The van der Waals surface area contributed by atoms with E-state index in [1.807, 2.05) is 17.9 Å². The van der Waals surface area contributed by atoms with E-state index < -0.39 is 12.2 Å². The van der Waals surface area contributed by atoms with Crippen LogP contribution in [-0.4, -0.2) is 46.5 Å². The molecule has 1 heterocycles. The van der Waals surface area contributed by atoms with E-state index >= 15 is 0 Å². The fourth-order valence-electron chi connectivity index (χ4n) is 1.28. The van der Waals surface area contributed by atoms with E-state index in [-0.39, 0.29) is 6.04 Å². The number of hydrogen-bond donors (Lipinski definition) is 2. The number of likely N-dealkylation sites (tertiary alicyclic amines) is 1.